The van der Waals surface area contributed by atoms with Gasteiger partial charge in [0.15, 0.2) is 11.0 Å². The third-order valence-electron chi connectivity index (χ3n) is 4.19. The van der Waals surface area contributed by atoms with Crippen LogP contribution in [0.3, 0.4) is 0 Å². The van der Waals surface area contributed by atoms with E-state index in [1.807, 2.05) is 6.07 Å². The van der Waals surface area contributed by atoms with Gasteiger partial charge in [-0.2, -0.15) is 5.26 Å². The number of aryl methyl sites for hydroxylation is 1. The lowest BCUT2D eigenvalue weighted by atomic mass is 10.0. The number of nitriles is 1. The van der Waals surface area contributed by atoms with Gasteiger partial charge in [0, 0.05) is 17.7 Å². The largest absolute Gasteiger partial charge is 0.270 e. The molecule has 0 spiro atoms. The normalized spacial score (nSPS) is 10.9. The van der Waals surface area contributed by atoms with Gasteiger partial charge in [0.2, 0.25) is 0 Å². The van der Waals surface area contributed by atoms with E-state index in [0.29, 0.717) is 18.1 Å². The molecule has 132 valence electrons. The van der Waals surface area contributed by atoms with Crippen LogP contribution in [0.5, 0.6) is 0 Å². The molecule has 5 heteroatoms. The average molecular weight is 363 g/mol. The second-order valence-electron chi connectivity index (χ2n) is 6.48. The van der Waals surface area contributed by atoms with Gasteiger partial charge in [-0.15, -0.1) is 10.2 Å². The topological polar surface area (TPSA) is 54.5 Å². The number of para-hydroxylation sites is 1. The summed E-state index contributed by atoms with van der Waals surface area (Å²) in [6, 6.07) is 18.9. The zero-order chi connectivity index (χ0) is 18.5. The van der Waals surface area contributed by atoms with Gasteiger partial charge in [0.1, 0.15) is 0 Å². The van der Waals surface area contributed by atoms with Crippen molar-refractivity contribution in [2.45, 2.75) is 38.3 Å². The molecule has 0 radical (unpaired) electrons. The predicted molar refractivity (Wildman–Crippen MR) is 107 cm³/mol. The van der Waals surface area contributed by atoms with Crippen molar-refractivity contribution in [3.63, 3.8) is 0 Å². The number of aromatic nitrogens is 3. The fourth-order valence-corrected chi connectivity index (χ4v) is 3.63. The van der Waals surface area contributed by atoms with Gasteiger partial charge >= 0.3 is 0 Å². The molecule has 0 unspecified atom stereocenters. The van der Waals surface area contributed by atoms with E-state index in [4.69, 9.17) is 5.26 Å². The molecule has 0 amide bonds. The quantitative estimate of drug-likeness (QED) is 0.437. The van der Waals surface area contributed by atoms with Gasteiger partial charge < -0.3 is 0 Å². The summed E-state index contributed by atoms with van der Waals surface area (Å²) in [6.07, 6.45) is 0.489. The molecule has 0 bridgehead atoms. The number of hydrogen-bond acceptors (Lipinski definition) is 4. The smallest absolute Gasteiger partial charge is 0.196 e. The molecule has 0 saturated heterocycles. The van der Waals surface area contributed by atoms with Crippen LogP contribution >= 0.6 is 11.8 Å². The van der Waals surface area contributed by atoms with Gasteiger partial charge in [0.05, 0.1) is 11.8 Å². The Morgan fingerprint density at radius 3 is 2.50 bits per heavy atom. The Kier molecular flexibility index (Phi) is 5.75. The second-order valence-corrected chi connectivity index (χ2v) is 7.54. The molecular weight excluding hydrogens is 340 g/mol. The summed E-state index contributed by atoms with van der Waals surface area (Å²) in [6.45, 7) is 6.46. The minimum absolute atomic E-state index is 0.386. The molecular formula is C21H22N4S. The first-order valence-corrected chi connectivity index (χ1v) is 9.72. The van der Waals surface area contributed by atoms with Crippen molar-refractivity contribution >= 4 is 11.8 Å². The van der Waals surface area contributed by atoms with E-state index in [9.17, 15) is 0 Å². The first kappa shape index (κ1) is 18.2. The molecule has 2 aromatic carbocycles. The Hall–Kier alpha value is -2.58. The van der Waals surface area contributed by atoms with Crippen LogP contribution in [-0.4, -0.2) is 20.5 Å². The lowest BCUT2D eigenvalue weighted by Gasteiger charge is -2.16. The molecule has 1 aromatic heterocycles. The lowest BCUT2D eigenvalue weighted by molar-refractivity contribution is 0.818. The van der Waals surface area contributed by atoms with Gasteiger partial charge in [-0.05, 0) is 24.5 Å². The summed E-state index contributed by atoms with van der Waals surface area (Å²) in [4.78, 5) is 0. The van der Waals surface area contributed by atoms with Crippen LogP contribution in [0, 0.1) is 18.3 Å². The summed E-state index contributed by atoms with van der Waals surface area (Å²) in [5.41, 5.74) is 4.60. The standard InChI is InChI=1S/C21H22N4S/c1-15(2)18-7-4-5-8-19(18)25-20(17-11-9-16(3)10-12-17)23-24-21(25)26-14-6-13-22/h4-5,7-12,15H,6,14H2,1-3H3. The Morgan fingerprint density at radius 1 is 1.08 bits per heavy atom. The van der Waals surface area contributed by atoms with E-state index < -0.39 is 0 Å². The number of benzene rings is 2. The first-order chi connectivity index (χ1) is 12.6. The number of thioether (sulfide) groups is 1. The summed E-state index contributed by atoms with van der Waals surface area (Å²) in [7, 11) is 0. The third-order valence-corrected chi connectivity index (χ3v) is 5.12. The van der Waals surface area contributed by atoms with E-state index in [2.05, 4.69) is 84.1 Å². The SMILES string of the molecule is Cc1ccc(-c2nnc(SCCC#N)n2-c2ccccc2C(C)C)cc1. The highest BCUT2D eigenvalue weighted by atomic mass is 32.2. The minimum Gasteiger partial charge on any atom is -0.270 e. The molecule has 0 N–H and O–H groups in total. The van der Waals surface area contributed by atoms with Crippen LogP contribution in [-0.2, 0) is 0 Å². The summed E-state index contributed by atoms with van der Waals surface area (Å²) < 4.78 is 2.13. The maximum Gasteiger partial charge on any atom is 0.196 e. The summed E-state index contributed by atoms with van der Waals surface area (Å²) >= 11 is 1.57. The van der Waals surface area contributed by atoms with E-state index >= 15 is 0 Å². The molecule has 0 fully saturated rings. The van der Waals surface area contributed by atoms with Crippen molar-refractivity contribution in [1.82, 2.24) is 14.8 Å². The molecule has 0 aliphatic rings. The third kappa shape index (κ3) is 3.81. The molecule has 26 heavy (non-hydrogen) atoms. The molecule has 0 atom stereocenters. The Morgan fingerprint density at radius 2 is 1.81 bits per heavy atom. The van der Waals surface area contributed by atoms with Crippen LogP contribution < -0.4 is 0 Å². The molecule has 0 aliphatic carbocycles. The van der Waals surface area contributed by atoms with E-state index in [1.54, 1.807) is 11.8 Å². The van der Waals surface area contributed by atoms with Gasteiger partial charge in [-0.3, -0.25) is 4.57 Å². The maximum absolute atomic E-state index is 8.85. The van der Waals surface area contributed by atoms with E-state index in [1.165, 1.54) is 11.1 Å². The van der Waals surface area contributed by atoms with Crippen molar-refractivity contribution in [2.75, 3.05) is 5.75 Å². The number of hydrogen-bond donors (Lipinski definition) is 0. The molecule has 0 saturated carbocycles. The van der Waals surface area contributed by atoms with Crippen LogP contribution in [0.1, 0.15) is 37.3 Å². The highest BCUT2D eigenvalue weighted by molar-refractivity contribution is 7.99. The van der Waals surface area contributed by atoms with Crippen molar-refractivity contribution in [1.29, 1.82) is 5.26 Å². The highest BCUT2D eigenvalue weighted by Crippen LogP contribution is 2.32. The van der Waals surface area contributed by atoms with Crippen molar-refractivity contribution < 1.29 is 0 Å². The lowest BCUT2D eigenvalue weighted by Crippen LogP contribution is -2.05. The summed E-state index contributed by atoms with van der Waals surface area (Å²) in [5, 5.41) is 18.6. The van der Waals surface area contributed by atoms with E-state index in [0.717, 1.165) is 22.2 Å². The Balaban J connectivity index is 2.15. The van der Waals surface area contributed by atoms with Gasteiger partial charge in [-0.25, -0.2) is 0 Å². The zero-order valence-electron chi connectivity index (χ0n) is 15.3. The number of rotatable bonds is 6. The van der Waals surface area contributed by atoms with Gasteiger partial charge in [-0.1, -0.05) is 73.6 Å². The van der Waals surface area contributed by atoms with Crippen LogP contribution in [0.25, 0.3) is 17.1 Å². The van der Waals surface area contributed by atoms with Crippen LogP contribution in [0.2, 0.25) is 0 Å². The second kappa shape index (κ2) is 8.20. The Labute approximate surface area is 158 Å². The monoisotopic (exact) mass is 362 g/mol. The predicted octanol–water partition coefficient (Wildman–Crippen LogP) is 5.37. The summed E-state index contributed by atoms with van der Waals surface area (Å²) in [5.74, 6) is 1.92. The molecule has 4 nitrogen and oxygen atoms in total. The minimum atomic E-state index is 0.386. The molecule has 3 aromatic rings. The molecule has 0 aliphatic heterocycles. The average Bonchev–Trinajstić information content (AvgIpc) is 3.06. The van der Waals surface area contributed by atoms with Crippen molar-refractivity contribution in [3.8, 4) is 23.1 Å². The number of nitrogens with zero attached hydrogens (tertiary/aromatic N) is 4. The fraction of sp³-hybridized carbons (Fsp3) is 0.286. The maximum atomic E-state index is 8.85. The highest BCUT2D eigenvalue weighted by Gasteiger charge is 2.19. The fourth-order valence-electron chi connectivity index (χ4n) is 2.84. The first-order valence-electron chi connectivity index (χ1n) is 8.73. The van der Waals surface area contributed by atoms with Gasteiger partial charge in [0.25, 0.3) is 0 Å². The molecule has 3 rings (SSSR count). The molecule has 1 heterocycles. The van der Waals surface area contributed by atoms with Crippen molar-refractivity contribution in [2.24, 2.45) is 0 Å². The zero-order valence-corrected chi connectivity index (χ0v) is 16.1. The van der Waals surface area contributed by atoms with Crippen LogP contribution in [0.4, 0.5) is 0 Å². The van der Waals surface area contributed by atoms with Crippen LogP contribution in [0.15, 0.2) is 53.7 Å². The Bertz CT molecular complexity index is 920. The van der Waals surface area contributed by atoms with E-state index in [-0.39, 0.29) is 0 Å². The van der Waals surface area contributed by atoms with Crippen molar-refractivity contribution in [3.05, 3.63) is 59.7 Å².